The zero-order chi connectivity index (χ0) is 11.9. The number of nitrogens with one attached hydrogen (secondary N) is 1. The lowest BCUT2D eigenvalue weighted by Crippen LogP contribution is -2.36. The van der Waals surface area contributed by atoms with Gasteiger partial charge in [-0.1, -0.05) is 27.7 Å². The smallest absolute Gasteiger partial charge is 0.0109 e. The molecule has 0 aromatic carbocycles. The van der Waals surface area contributed by atoms with Crippen LogP contribution in [-0.2, 0) is 0 Å². The van der Waals surface area contributed by atoms with Gasteiger partial charge in [-0.15, -0.1) is 0 Å². The average molecular weight is 212 g/mol. The molecule has 15 heavy (non-hydrogen) atoms. The normalized spacial score (nSPS) is 24.2. The second-order valence-corrected chi connectivity index (χ2v) is 6.94. The van der Waals surface area contributed by atoms with Crippen molar-refractivity contribution in [1.82, 2.24) is 5.32 Å². The van der Waals surface area contributed by atoms with Crippen molar-refractivity contribution in [2.24, 2.45) is 22.5 Å². The van der Waals surface area contributed by atoms with Crippen molar-refractivity contribution in [2.75, 3.05) is 13.1 Å². The number of hydrogen-bond acceptors (Lipinski definition) is 2. The molecule has 0 aromatic heterocycles. The van der Waals surface area contributed by atoms with Crippen molar-refractivity contribution in [3.8, 4) is 0 Å². The molecule has 0 saturated heterocycles. The summed E-state index contributed by atoms with van der Waals surface area (Å²) in [6.07, 6.45) is 1.04. The fourth-order valence-electron chi connectivity index (χ4n) is 2.50. The van der Waals surface area contributed by atoms with Crippen LogP contribution in [0.3, 0.4) is 0 Å². The Morgan fingerprint density at radius 3 is 1.93 bits per heavy atom. The average Bonchev–Trinajstić information content (AvgIpc) is 2.36. The Labute approximate surface area is 95.0 Å². The molecule has 2 heteroatoms. The molecule has 0 unspecified atom stereocenters. The Morgan fingerprint density at radius 1 is 1.13 bits per heavy atom. The van der Waals surface area contributed by atoms with E-state index in [2.05, 4.69) is 46.9 Å². The largest absolute Gasteiger partial charge is 0.326 e. The van der Waals surface area contributed by atoms with Crippen LogP contribution in [0.1, 0.15) is 48.0 Å². The summed E-state index contributed by atoms with van der Waals surface area (Å²) in [5, 5.41) is 3.54. The van der Waals surface area contributed by atoms with E-state index in [1.165, 1.54) is 0 Å². The van der Waals surface area contributed by atoms with E-state index in [-0.39, 0.29) is 5.54 Å². The highest BCUT2D eigenvalue weighted by molar-refractivity contribution is 5.12. The lowest BCUT2D eigenvalue weighted by atomic mass is 10.0. The van der Waals surface area contributed by atoms with Gasteiger partial charge in [0, 0.05) is 5.54 Å². The van der Waals surface area contributed by atoms with Crippen molar-refractivity contribution in [3.05, 3.63) is 0 Å². The van der Waals surface area contributed by atoms with E-state index in [4.69, 9.17) is 5.73 Å². The summed E-state index contributed by atoms with van der Waals surface area (Å²) in [7, 11) is 0. The molecule has 0 radical (unpaired) electrons. The summed E-state index contributed by atoms with van der Waals surface area (Å²) in [6, 6.07) is 0. The van der Waals surface area contributed by atoms with Gasteiger partial charge in [-0.2, -0.15) is 0 Å². The van der Waals surface area contributed by atoms with E-state index in [1.807, 2.05) is 0 Å². The lowest BCUT2D eigenvalue weighted by molar-refractivity contribution is 0.440. The van der Waals surface area contributed by atoms with Crippen LogP contribution < -0.4 is 11.1 Å². The van der Waals surface area contributed by atoms with Gasteiger partial charge in [-0.3, -0.25) is 0 Å². The molecule has 0 atom stereocenters. The standard InChI is InChI=1S/C13H28N2/c1-11(2,14)7-8-15-9-10-12(3,4)13(10,5)6/h10,15H,7-9,14H2,1-6H3. The second kappa shape index (κ2) is 3.74. The molecular formula is C13H28N2. The van der Waals surface area contributed by atoms with Gasteiger partial charge in [0.1, 0.15) is 0 Å². The molecule has 1 fully saturated rings. The van der Waals surface area contributed by atoms with Crippen LogP contribution in [0.15, 0.2) is 0 Å². The Balaban J connectivity index is 2.19. The van der Waals surface area contributed by atoms with E-state index >= 15 is 0 Å². The predicted octanol–water partition coefficient (Wildman–Crippen LogP) is 2.39. The molecular weight excluding hydrogens is 184 g/mol. The Bertz CT molecular complexity index is 209. The molecule has 0 spiro atoms. The third kappa shape index (κ3) is 2.73. The third-order valence-electron chi connectivity index (χ3n) is 4.61. The molecule has 0 amide bonds. The second-order valence-electron chi connectivity index (χ2n) is 6.94. The maximum atomic E-state index is 5.93. The summed E-state index contributed by atoms with van der Waals surface area (Å²) >= 11 is 0. The van der Waals surface area contributed by atoms with E-state index in [0.29, 0.717) is 10.8 Å². The number of hydrogen-bond donors (Lipinski definition) is 2. The fourth-order valence-corrected chi connectivity index (χ4v) is 2.50. The van der Waals surface area contributed by atoms with Gasteiger partial charge in [0.25, 0.3) is 0 Å². The van der Waals surface area contributed by atoms with Gasteiger partial charge in [0.15, 0.2) is 0 Å². The van der Waals surface area contributed by atoms with Crippen LogP contribution in [-0.4, -0.2) is 18.6 Å². The summed E-state index contributed by atoms with van der Waals surface area (Å²) < 4.78 is 0. The monoisotopic (exact) mass is 212 g/mol. The highest BCUT2D eigenvalue weighted by Crippen LogP contribution is 2.67. The van der Waals surface area contributed by atoms with Crippen molar-refractivity contribution in [1.29, 1.82) is 0 Å². The summed E-state index contributed by atoms with van der Waals surface area (Å²) in [6.45, 7) is 15.8. The van der Waals surface area contributed by atoms with Crippen molar-refractivity contribution >= 4 is 0 Å². The van der Waals surface area contributed by atoms with Gasteiger partial charge in [-0.25, -0.2) is 0 Å². The Hall–Kier alpha value is -0.0800. The highest BCUT2D eigenvalue weighted by atomic mass is 14.9. The van der Waals surface area contributed by atoms with Gasteiger partial charge in [-0.05, 0) is 50.1 Å². The van der Waals surface area contributed by atoms with Crippen LogP contribution >= 0.6 is 0 Å². The molecule has 2 nitrogen and oxygen atoms in total. The fraction of sp³-hybridized carbons (Fsp3) is 1.00. The lowest BCUT2D eigenvalue weighted by Gasteiger charge is -2.18. The summed E-state index contributed by atoms with van der Waals surface area (Å²) in [5.74, 6) is 0.811. The minimum Gasteiger partial charge on any atom is -0.326 e. The molecule has 0 bridgehead atoms. The number of nitrogens with two attached hydrogens (primary N) is 1. The highest BCUT2D eigenvalue weighted by Gasteiger charge is 2.63. The SMILES string of the molecule is CC(C)(N)CCNCC1C(C)(C)C1(C)C. The molecule has 3 N–H and O–H groups in total. The molecule has 0 aromatic rings. The predicted molar refractivity (Wildman–Crippen MR) is 66.8 cm³/mol. The molecule has 1 rings (SSSR count). The maximum absolute atomic E-state index is 5.93. The van der Waals surface area contributed by atoms with E-state index in [9.17, 15) is 0 Å². The quantitative estimate of drug-likeness (QED) is 0.687. The molecule has 1 aliphatic carbocycles. The zero-order valence-electron chi connectivity index (χ0n) is 11.3. The summed E-state index contributed by atoms with van der Waals surface area (Å²) in [5.41, 5.74) is 6.89. The van der Waals surface area contributed by atoms with Crippen LogP contribution in [0.5, 0.6) is 0 Å². The number of rotatable bonds is 5. The summed E-state index contributed by atoms with van der Waals surface area (Å²) in [4.78, 5) is 0. The van der Waals surface area contributed by atoms with Gasteiger partial charge >= 0.3 is 0 Å². The van der Waals surface area contributed by atoms with Gasteiger partial charge in [0.05, 0.1) is 0 Å². The molecule has 1 aliphatic rings. The van der Waals surface area contributed by atoms with E-state index < -0.39 is 0 Å². The van der Waals surface area contributed by atoms with Crippen molar-refractivity contribution in [2.45, 2.75) is 53.5 Å². The van der Waals surface area contributed by atoms with Crippen LogP contribution in [0.25, 0.3) is 0 Å². The van der Waals surface area contributed by atoms with Gasteiger partial charge < -0.3 is 11.1 Å². The van der Waals surface area contributed by atoms with Crippen molar-refractivity contribution in [3.63, 3.8) is 0 Å². The van der Waals surface area contributed by atoms with Crippen LogP contribution in [0.2, 0.25) is 0 Å². The first-order valence-corrected chi connectivity index (χ1v) is 6.08. The topological polar surface area (TPSA) is 38.0 Å². The van der Waals surface area contributed by atoms with Crippen molar-refractivity contribution < 1.29 is 0 Å². The Kier molecular flexibility index (Phi) is 3.24. The molecule has 0 aliphatic heterocycles. The van der Waals surface area contributed by atoms with Crippen LogP contribution in [0.4, 0.5) is 0 Å². The van der Waals surface area contributed by atoms with E-state index in [1.54, 1.807) is 0 Å². The minimum atomic E-state index is -0.0401. The first kappa shape index (κ1) is 13.0. The zero-order valence-corrected chi connectivity index (χ0v) is 11.3. The third-order valence-corrected chi connectivity index (χ3v) is 4.61. The van der Waals surface area contributed by atoms with Crippen LogP contribution in [0, 0.1) is 16.7 Å². The minimum absolute atomic E-state index is 0.0401. The molecule has 1 saturated carbocycles. The molecule has 90 valence electrons. The molecule has 0 heterocycles. The van der Waals surface area contributed by atoms with Gasteiger partial charge in [0.2, 0.25) is 0 Å². The Morgan fingerprint density at radius 2 is 1.60 bits per heavy atom. The maximum Gasteiger partial charge on any atom is 0.0109 e. The first-order chi connectivity index (χ1) is 6.59. The first-order valence-electron chi connectivity index (χ1n) is 6.08. The van der Waals surface area contributed by atoms with E-state index in [0.717, 1.165) is 25.4 Å².